The molecule has 0 aliphatic heterocycles. The Kier molecular flexibility index (Phi) is 6.68. The summed E-state index contributed by atoms with van der Waals surface area (Å²) in [6.45, 7) is 10.6. The number of nitrogens with two attached hydrogens (primary N) is 1. The number of carbonyl (C=O) groups is 1. The predicted octanol–water partition coefficient (Wildman–Crippen LogP) is 2.45. The van der Waals surface area contributed by atoms with E-state index in [9.17, 15) is 4.79 Å². The first-order valence-corrected chi connectivity index (χ1v) is 7.31. The lowest BCUT2D eigenvalue weighted by atomic mass is 10.1. The second-order valence-corrected chi connectivity index (χ2v) is 5.55. The molecule has 112 valence electrons. The molecule has 3 N–H and O–H groups in total. The normalized spacial score (nSPS) is 12.8. The van der Waals surface area contributed by atoms with Gasteiger partial charge >= 0.3 is 0 Å². The van der Waals surface area contributed by atoms with Crippen LogP contribution in [0.25, 0.3) is 0 Å². The summed E-state index contributed by atoms with van der Waals surface area (Å²) in [7, 11) is 0. The van der Waals surface area contributed by atoms with Crippen molar-refractivity contribution in [3.8, 4) is 0 Å². The Hall–Kier alpha value is -1.39. The highest BCUT2D eigenvalue weighted by Gasteiger charge is 2.20. The van der Waals surface area contributed by atoms with Crippen molar-refractivity contribution in [2.45, 2.75) is 40.3 Å². The number of benzene rings is 1. The van der Waals surface area contributed by atoms with Gasteiger partial charge in [-0.25, -0.2) is 0 Å². The summed E-state index contributed by atoms with van der Waals surface area (Å²) in [5, 5.41) is 2.97. The molecule has 0 aliphatic rings. The van der Waals surface area contributed by atoms with Crippen molar-refractivity contribution in [2.75, 3.05) is 18.4 Å². The van der Waals surface area contributed by atoms with Crippen LogP contribution in [-0.4, -0.2) is 29.9 Å². The zero-order chi connectivity index (χ0) is 15.1. The van der Waals surface area contributed by atoms with Gasteiger partial charge in [-0.15, -0.1) is 0 Å². The van der Waals surface area contributed by atoms with E-state index in [0.717, 1.165) is 24.3 Å². The Balaban J connectivity index is 2.68. The van der Waals surface area contributed by atoms with Crippen LogP contribution in [0.1, 0.15) is 33.3 Å². The van der Waals surface area contributed by atoms with Crippen molar-refractivity contribution in [3.05, 3.63) is 29.8 Å². The van der Waals surface area contributed by atoms with Crippen LogP contribution in [0.3, 0.4) is 0 Å². The van der Waals surface area contributed by atoms with Gasteiger partial charge in [-0.3, -0.25) is 9.69 Å². The minimum Gasteiger partial charge on any atom is -0.326 e. The van der Waals surface area contributed by atoms with E-state index in [4.69, 9.17) is 5.73 Å². The molecule has 0 radical (unpaired) electrons. The summed E-state index contributed by atoms with van der Waals surface area (Å²) in [5.41, 5.74) is 7.44. The van der Waals surface area contributed by atoms with Gasteiger partial charge in [0.05, 0.1) is 6.04 Å². The largest absolute Gasteiger partial charge is 0.326 e. The lowest BCUT2D eigenvalue weighted by Gasteiger charge is -2.28. The number of nitrogens with zero attached hydrogens (tertiary/aromatic N) is 1. The van der Waals surface area contributed by atoms with Gasteiger partial charge in [0.1, 0.15) is 0 Å². The Morgan fingerprint density at radius 3 is 2.60 bits per heavy atom. The summed E-state index contributed by atoms with van der Waals surface area (Å²) in [6, 6.07) is 7.54. The summed E-state index contributed by atoms with van der Waals surface area (Å²) in [5.74, 6) is 0.576. The van der Waals surface area contributed by atoms with Gasteiger partial charge in [-0.1, -0.05) is 32.9 Å². The number of anilines is 1. The van der Waals surface area contributed by atoms with Crippen molar-refractivity contribution < 1.29 is 4.79 Å². The number of likely N-dealkylation sites (N-methyl/N-ethyl adjacent to an activating group) is 1. The topological polar surface area (TPSA) is 58.4 Å². The van der Waals surface area contributed by atoms with Crippen LogP contribution in [-0.2, 0) is 11.3 Å². The Morgan fingerprint density at radius 2 is 2.05 bits per heavy atom. The summed E-state index contributed by atoms with van der Waals surface area (Å²) < 4.78 is 0. The SMILES string of the molecule is CCN(CC(C)C)C(C)C(=O)Nc1cccc(CN)c1. The molecule has 0 fully saturated rings. The van der Waals surface area contributed by atoms with Crippen molar-refractivity contribution in [2.24, 2.45) is 11.7 Å². The van der Waals surface area contributed by atoms with E-state index >= 15 is 0 Å². The third-order valence-electron chi connectivity index (χ3n) is 3.36. The maximum absolute atomic E-state index is 12.3. The molecule has 1 unspecified atom stereocenters. The van der Waals surface area contributed by atoms with E-state index < -0.39 is 0 Å². The average Bonchev–Trinajstić information content (AvgIpc) is 2.43. The third-order valence-corrected chi connectivity index (χ3v) is 3.36. The van der Waals surface area contributed by atoms with Crippen molar-refractivity contribution in [1.29, 1.82) is 0 Å². The molecule has 1 aromatic carbocycles. The fraction of sp³-hybridized carbons (Fsp3) is 0.562. The average molecular weight is 277 g/mol. The third kappa shape index (κ3) is 4.94. The molecule has 1 atom stereocenters. The number of rotatable bonds is 7. The molecule has 0 aromatic heterocycles. The predicted molar refractivity (Wildman–Crippen MR) is 84.5 cm³/mol. The molecule has 1 rings (SSSR count). The highest BCUT2D eigenvalue weighted by molar-refractivity contribution is 5.94. The van der Waals surface area contributed by atoms with Crippen LogP contribution in [0.2, 0.25) is 0 Å². The van der Waals surface area contributed by atoms with Gasteiger partial charge in [0.2, 0.25) is 5.91 Å². The minimum absolute atomic E-state index is 0.0293. The smallest absolute Gasteiger partial charge is 0.241 e. The number of amides is 1. The molecule has 20 heavy (non-hydrogen) atoms. The van der Waals surface area contributed by atoms with E-state index in [-0.39, 0.29) is 11.9 Å². The van der Waals surface area contributed by atoms with Gasteiger partial charge in [-0.2, -0.15) is 0 Å². The highest BCUT2D eigenvalue weighted by atomic mass is 16.2. The van der Waals surface area contributed by atoms with Gasteiger partial charge in [0.25, 0.3) is 0 Å². The molecule has 0 saturated heterocycles. The summed E-state index contributed by atoms with van der Waals surface area (Å²) >= 11 is 0. The first-order valence-electron chi connectivity index (χ1n) is 7.31. The van der Waals surface area contributed by atoms with Crippen LogP contribution >= 0.6 is 0 Å². The lowest BCUT2D eigenvalue weighted by molar-refractivity contribution is -0.120. The molecule has 0 heterocycles. The maximum atomic E-state index is 12.3. The Labute approximate surface area is 122 Å². The number of nitrogens with one attached hydrogen (secondary N) is 1. The number of hydrogen-bond donors (Lipinski definition) is 2. The first kappa shape index (κ1) is 16.7. The minimum atomic E-state index is -0.135. The van der Waals surface area contributed by atoms with Crippen molar-refractivity contribution in [1.82, 2.24) is 4.90 Å². The molecule has 4 heteroatoms. The van der Waals surface area contributed by atoms with E-state index in [2.05, 4.69) is 31.0 Å². The van der Waals surface area contributed by atoms with Crippen LogP contribution in [0.4, 0.5) is 5.69 Å². The van der Waals surface area contributed by atoms with E-state index in [0.29, 0.717) is 12.5 Å². The van der Waals surface area contributed by atoms with Gasteiger partial charge in [0.15, 0.2) is 0 Å². The van der Waals surface area contributed by atoms with Crippen molar-refractivity contribution >= 4 is 11.6 Å². The molecule has 0 bridgehead atoms. The van der Waals surface area contributed by atoms with Gasteiger partial charge in [-0.05, 0) is 37.1 Å². The standard InChI is InChI=1S/C16H27N3O/c1-5-19(11-12(2)3)13(4)16(20)18-15-8-6-7-14(9-15)10-17/h6-9,12-13H,5,10-11,17H2,1-4H3,(H,18,20). The zero-order valence-corrected chi connectivity index (χ0v) is 13.0. The second-order valence-electron chi connectivity index (χ2n) is 5.55. The molecule has 0 aliphatic carbocycles. The highest BCUT2D eigenvalue weighted by Crippen LogP contribution is 2.12. The molecular weight excluding hydrogens is 250 g/mol. The van der Waals surface area contributed by atoms with E-state index in [1.807, 2.05) is 31.2 Å². The van der Waals surface area contributed by atoms with Crippen molar-refractivity contribution in [3.63, 3.8) is 0 Å². The van der Waals surface area contributed by atoms with Gasteiger partial charge < -0.3 is 11.1 Å². The Bertz CT molecular complexity index is 431. The van der Waals surface area contributed by atoms with Crippen LogP contribution in [0.5, 0.6) is 0 Å². The second kappa shape index (κ2) is 8.02. The molecular formula is C16H27N3O. The number of hydrogen-bond acceptors (Lipinski definition) is 3. The van der Waals surface area contributed by atoms with Crippen LogP contribution in [0.15, 0.2) is 24.3 Å². The van der Waals surface area contributed by atoms with Gasteiger partial charge in [0, 0.05) is 18.8 Å². The fourth-order valence-electron chi connectivity index (χ4n) is 2.22. The molecule has 1 aromatic rings. The zero-order valence-electron chi connectivity index (χ0n) is 13.0. The molecule has 1 amide bonds. The van der Waals surface area contributed by atoms with E-state index in [1.165, 1.54) is 0 Å². The monoisotopic (exact) mass is 277 g/mol. The molecule has 0 spiro atoms. The summed E-state index contributed by atoms with van der Waals surface area (Å²) in [6.07, 6.45) is 0. The van der Waals surface area contributed by atoms with E-state index in [1.54, 1.807) is 0 Å². The van der Waals surface area contributed by atoms with Crippen LogP contribution < -0.4 is 11.1 Å². The van der Waals surface area contributed by atoms with Crippen LogP contribution in [0, 0.1) is 5.92 Å². The fourth-order valence-corrected chi connectivity index (χ4v) is 2.22. The Morgan fingerprint density at radius 1 is 1.35 bits per heavy atom. The quantitative estimate of drug-likeness (QED) is 0.805. The summed E-state index contributed by atoms with van der Waals surface area (Å²) in [4.78, 5) is 14.5. The molecule has 4 nitrogen and oxygen atoms in total. The first-order chi connectivity index (χ1) is 9.47. The maximum Gasteiger partial charge on any atom is 0.241 e. The molecule has 0 saturated carbocycles. The number of carbonyl (C=O) groups excluding carboxylic acids is 1. The lowest BCUT2D eigenvalue weighted by Crippen LogP contribution is -2.43.